The van der Waals surface area contributed by atoms with E-state index < -0.39 is 0 Å². The Morgan fingerprint density at radius 2 is 1.79 bits per heavy atom. The van der Waals surface area contributed by atoms with Crippen molar-refractivity contribution in [3.8, 4) is 0 Å². The number of methoxy groups -OCH3 is 1. The van der Waals surface area contributed by atoms with Crippen LogP contribution in [-0.2, 0) is 14.2 Å². The van der Waals surface area contributed by atoms with Gasteiger partial charge in [0.15, 0.2) is 0 Å². The van der Waals surface area contributed by atoms with E-state index in [9.17, 15) is 0 Å². The van der Waals surface area contributed by atoms with Crippen LogP contribution in [0.3, 0.4) is 0 Å². The van der Waals surface area contributed by atoms with Gasteiger partial charge >= 0.3 is 0 Å². The molecule has 3 saturated heterocycles. The fraction of sp³-hybridized carbons (Fsp3) is 1.00. The van der Waals surface area contributed by atoms with Crippen LogP contribution < -0.4 is 0 Å². The van der Waals surface area contributed by atoms with Gasteiger partial charge in [0, 0.05) is 65.6 Å². The summed E-state index contributed by atoms with van der Waals surface area (Å²) < 4.78 is 17.5. The monoisotopic (exact) mass is 412 g/mol. The van der Waals surface area contributed by atoms with Crippen molar-refractivity contribution in [1.29, 1.82) is 0 Å². The van der Waals surface area contributed by atoms with E-state index in [0.29, 0.717) is 12.6 Å². The highest BCUT2D eigenvalue weighted by Gasteiger charge is 2.37. The number of morpholine rings is 1. The van der Waals surface area contributed by atoms with Crippen LogP contribution in [-0.4, -0.2) is 138 Å². The molecule has 3 heterocycles. The minimum absolute atomic E-state index is 0.166. The van der Waals surface area contributed by atoms with Crippen molar-refractivity contribution < 1.29 is 14.2 Å². The normalized spacial score (nSPS) is 33.5. The van der Waals surface area contributed by atoms with Crippen LogP contribution in [0.5, 0.6) is 0 Å². The summed E-state index contributed by atoms with van der Waals surface area (Å²) in [6, 6.07) is 0.466. The number of hydrogen-bond donors (Lipinski definition) is 0. The maximum atomic E-state index is 6.54. The molecule has 0 aromatic heterocycles. The predicted molar refractivity (Wildman–Crippen MR) is 117 cm³/mol. The molecule has 170 valence electrons. The highest BCUT2D eigenvalue weighted by atomic mass is 16.5. The van der Waals surface area contributed by atoms with Crippen LogP contribution in [0, 0.1) is 5.92 Å². The molecule has 7 heteroatoms. The molecule has 0 aliphatic carbocycles. The Morgan fingerprint density at radius 1 is 0.931 bits per heavy atom. The Labute approximate surface area is 178 Å². The zero-order valence-electron chi connectivity index (χ0n) is 19.2. The van der Waals surface area contributed by atoms with Gasteiger partial charge in [-0.15, -0.1) is 0 Å². The van der Waals surface area contributed by atoms with E-state index in [1.807, 2.05) is 0 Å². The summed E-state index contributed by atoms with van der Waals surface area (Å²) in [5.41, 5.74) is 0. The lowest BCUT2D eigenvalue weighted by Crippen LogP contribution is -2.62. The zero-order chi connectivity index (χ0) is 20.6. The summed E-state index contributed by atoms with van der Waals surface area (Å²) in [7, 11) is 8.47. The fourth-order valence-electron chi connectivity index (χ4n) is 5.08. The van der Waals surface area contributed by atoms with E-state index >= 15 is 0 Å². The van der Waals surface area contributed by atoms with Crippen LogP contribution >= 0.6 is 0 Å². The summed E-state index contributed by atoms with van der Waals surface area (Å²) in [6.45, 7) is 11.4. The topological polar surface area (TPSA) is 40.7 Å². The van der Waals surface area contributed by atoms with Crippen molar-refractivity contribution in [2.75, 3.05) is 100 Å². The third-order valence-electron chi connectivity index (χ3n) is 6.87. The van der Waals surface area contributed by atoms with Gasteiger partial charge in [0.2, 0.25) is 0 Å². The number of piperazine rings is 1. The summed E-state index contributed by atoms with van der Waals surface area (Å²) in [5, 5.41) is 0. The number of hydrogen-bond acceptors (Lipinski definition) is 7. The smallest absolute Gasteiger partial charge is 0.0940 e. The van der Waals surface area contributed by atoms with Gasteiger partial charge in [-0.1, -0.05) is 0 Å². The molecular weight excluding hydrogens is 368 g/mol. The van der Waals surface area contributed by atoms with Crippen LogP contribution in [0.25, 0.3) is 0 Å². The number of nitrogens with zero attached hydrogens (tertiary/aromatic N) is 4. The average Bonchev–Trinajstić information content (AvgIpc) is 3.12. The Balaban J connectivity index is 1.44. The van der Waals surface area contributed by atoms with Gasteiger partial charge in [-0.2, -0.15) is 0 Å². The molecule has 7 nitrogen and oxygen atoms in total. The van der Waals surface area contributed by atoms with E-state index in [0.717, 1.165) is 51.7 Å². The molecule has 0 saturated carbocycles. The first-order valence-electron chi connectivity index (χ1n) is 11.6. The molecule has 0 amide bonds. The highest BCUT2D eigenvalue weighted by molar-refractivity contribution is 4.91. The Kier molecular flexibility index (Phi) is 9.62. The number of ether oxygens (including phenoxy) is 3. The fourth-order valence-corrected chi connectivity index (χ4v) is 5.08. The van der Waals surface area contributed by atoms with Crippen LogP contribution in [0.2, 0.25) is 0 Å². The van der Waals surface area contributed by atoms with Crippen molar-refractivity contribution in [2.45, 2.75) is 37.5 Å². The Hall–Kier alpha value is -0.280. The van der Waals surface area contributed by atoms with Crippen molar-refractivity contribution in [3.63, 3.8) is 0 Å². The summed E-state index contributed by atoms with van der Waals surface area (Å²) in [5.74, 6) is 0.884. The Bertz CT molecular complexity index is 469. The first kappa shape index (κ1) is 23.4. The molecule has 0 aromatic carbocycles. The molecular formula is C22H44N4O3. The molecule has 29 heavy (non-hydrogen) atoms. The molecule has 4 unspecified atom stereocenters. The lowest BCUT2D eigenvalue weighted by Gasteiger charge is -2.47. The van der Waals surface area contributed by atoms with E-state index in [1.54, 1.807) is 7.11 Å². The first-order chi connectivity index (χ1) is 14.0. The summed E-state index contributed by atoms with van der Waals surface area (Å²) >= 11 is 0. The number of rotatable bonds is 10. The molecule has 0 N–H and O–H groups in total. The van der Waals surface area contributed by atoms with Crippen molar-refractivity contribution in [2.24, 2.45) is 5.92 Å². The highest BCUT2D eigenvalue weighted by Crippen LogP contribution is 2.22. The minimum Gasteiger partial charge on any atom is -0.385 e. The largest absolute Gasteiger partial charge is 0.385 e. The quantitative estimate of drug-likeness (QED) is 0.489. The maximum Gasteiger partial charge on any atom is 0.0940 e. The van der Waals surface area contributed by atoms with Crippen molar-refractivity contribution in [3.05, 3.63) is 0 Å². The Morgan fingerprint density at radius 3 is 2.55 bits per heavy atom. The standard InChI is InChI=1S/C22H44N4O3/c1-23-8-6-19(14-23)7-9-26-11-10-25(3)21(16-26)22-17-24(2)15-20(29-22)18-28-13-5-12-27-4/h19-22H,5-18H2,1-4H3. The van der Waals surface area contributed by atoms with Gasteiger partial charge in [-0.25, -0.2) is 0 Å². The van der Waals surface area contributed by atoms with Gasteiger partial charge < -0.3 is 28.9 Å². The van der Waals surface area contributed by atoms with Gasteiger partial charge in [-0.3, -0.25) is 4.90 Å². The van der Waals surface area contributed by atoms with E-state index in [-0.39, 0.29) is 12.2 Å². The molecule has 0 spiro atoms. The van der Waals surface area contributed by atoms with E-state index in [2.05, 4.69) is 40.7 Å². The van der Waals surface area contributed by atoms with Gasteiger partial charge in [0.1, 0.15) is 0 Å². The second kappa shape index (κ2) is 11.9. The van der Waals surface area contributed by atoms with Crippen LogP contribution in [0.15, 0.2) is 0 Å². The summed E-state index contributed by atoms with van der Waals surface area (Å²) in [4.78, 5) is 10.1. The van der Waals surface area contributed by atoms with Gasteiger partial charge in [-0.05, 0) is 59.4 Å². The van der Waals surface area contributed by atoms with Crippen LogP contribution in [0.1, 0.15) is 19.3 Å². The third-order valence-corrected chi connectivity index (χ3v) is 6.87. The first-order valence-corrected chi connectivity index (χ1v) is 11.6. The average molecular weight is 413 g/mol. The van der Waals surface area contributed by atoms with Gasteiger partial charge in [0.05, 0.1) is 18.8 Å². The number of likely N-dealkylation sites (N-methyl/N-ethyl adjacent to an activating group) is 2. The molecule has 0 bridgehead atoms. The maximum absolute atomic E-state index is 6.54. The molecule has 3 fully saturated rings. The van der Waals surface area contributed by atoms with E-state index in [1.165, 1.54) is 39.0 Å². The summed E-state index contributed by atoms with van der Waals surface area (Å²) in [6.07, 6.45) is 4.07. The van der Waals surface area contributed by atoms with Crippen LogP contribution in [0.4, 0.5) is 0 Å². The third kappa shape index (κ3) is 7.42. The molecule has 4 atom stereocenters. The SMILES string of the molecule is COCCCOCC1CN(C)CC(C2CN(CCC3CCN(C)C3)CCN2C)O1. The predicted octanol–water partition coefficient (Wildman–Crippen LogP) is 0.697. The zero-order valence-corrected chi connectivity index (χ0v) is 19.2. The molecule has 3 rings (SSSR count). The van der Waals surface area contributed by atoms with Gasteiger partial charge in [0.25, 0.3) is 0 Å². The molecule has 3 aliphatic heterocycles. The number of likely N-dealkylation sites (tertiary alicyclic amines) is 1. The second-order valence-corrected chi connectivity index (χ2v) is 9.49. The molecule has 3 aliphatic rings. The van der Waals surface area contributed by atoms with Crippen molar-refractivity contribution >= 4 is 0 Å². The second-order valence-electron chi connectivity index (χ2n) is 9.49. The lowest BCUT2D eigenvalue weighted by molar-refractivity contribution is -0.140. The molecule has 0 radical (unpaired) electrons. The molecule has 0 aromatic rings. The lowest BCUT2D eigenvalue weighted by atomic mass is 10.0. The van der Waals surface area contributed by atoms with Crippen molar-refractivity contribution in [1.82, 2.24) is 19.6 Å². The van der Waals surface area contributed by atoms with E-state index in [4.69, 9.17) is 14.2 Å². The minimum atomic E-state index is 0.166.